The van der Waals surface area contributed by atoms with Gasteiger partial charge in [0.2, 0.25) is 10.0 Å². The summed E-state index contributed by atoms with van der Waals surface area (Å²) in [7, 11) is -4.15. The van der Waals surface area contributed by atoms with Crippen LogP contribution in [-0.2, 0) is 10.0 Å². The number of sulfonamides is 1. The molecular weight excluding hydrogens is 472 g/mol. The molecule has 3 aromatic heterocycles. The van der Waals surface area contributed by atoms with Crippen LogP contribution in [0.5, 0.6) is 0 Å². The molecule has 0 aliphatic carbocycles. The molecule has 4 heterocycles. The van der Waals surface area contributed by atoms with Crippen LogP contribution < -0.4 is 0 Å². The maximum Gasteiger partial charge on any atom is 0.259 e. The molecule has 0 bridgehead atoms. The number of aromatic nitrogens is 3. The zero-order valence-corrected chi connectivity index (χ0v) is 18.7. The zero-order valence-electron chi connectivity index (χ0n) is 17.1. The molecule has 0 unspecified atom stereocenters. The molecule has 0 atom stereocenters. The number of carbonyl (C=O) groups excluding carboxylic acids is 1. The number of rotatable bonds is 4. The molecule has 8 nitrogen and oxygen atoms in total. The summed E-state index contributed by atoms with van der Waals surface area (Å²) >= 11 is 1.55. The van der Waals surface area contributed by atoms with Crippen LogP contribution in [0.4, 0.5) is 8.78 Å². The van der Waals surface area contributed by atoms with Crippen molar-refractivity contribution in [2.75, 3.05) is 26.2 Å². The van der Waals surface area contributed by atoms with Crippen molar-refractivity contribution in [1.29, 1.82) is 0 Å². The van der Waals surface area contributed by atoms with Gasteiger partial charge in [-0.1, -0.05) is 6.07 Å². The number of amides is 1. The first-order valence-corrected chi connectivity index (χ1v) is 12.3. The van der Waals surface area contributed by atoms with Gasteiger partial charge in [0.25, 0.3) is 5.91 Å². The predicted octanol–water partition coefficient (Wildman–Crippen LogP) is 2.88. The second kappa shape index (κ2) is 8.28. The molecule has 1 amide bonds. The van der Waals surface area contributed by atoms with Gasteiger partial charge in [-0.25, -0.2) is 26.7 Å². The SMILES string of the molecule is O=C(c1cnn2c(-c3cccs3)ccnc12)N1CCN(S(=O)(=O)c2ccc(F)cc2F)CC1. The van der Waals surface area contributed by atoms with Crippen LogP contribution in [0.3, 0.4) is 0 Å². The van der Waals surface area contributed by atoms with E-state index in [-0.39, 0.29) is 32.1 Å². The fraction of sp³-hybridized carbons (Fsp3) is 0.190. The minimum Gasteiger partial charge on any atom is -0.336 e. The van der Waals surface area contributed by atoms with Gasteiger partial charge in [-0.3, -0.25) is 4.79 Å². The van der Waals surface area contributed by atoms with E-state index < -0.39 is 26.6 Å². The first-order chi connectivity index (χ1) is 15.9. The molecule has 170 valence electrons. The minimum atomic E-state index is -4.15. The molecular formula is C21H17F2N5O3S2. The van der Waals surface area contributed by atoms with Gasteiger partial charge in [0.05, 0.1) is 16.8 Å². The highest BCUT2D eigenvalue weighted by molar-refractivity contribution is 7.89. The summed E-state index contributed by atoms with van der Waals surface area (Å²) in [5, 5.41) is 6.28. The Bertz CT molecular complexity index is 1450. The number of piperazine rings is 1. The first kappa shape index (κ1) is 21.6. The Hall–Kier alpha value is -3.22. The van der Waals surface area contributed by atoms with Crippen molar-refractivity contribution in [2.24, 2.45) is 0 Å². The average molecular weight is 490 g/mol. The Labute approximate surface area is 191 Å². The van der Waals surface area contributed by atoms with Gasteiger partial charge in [0.1, 0.15) is 22.1 Å². The molecule has 5 rings (SSSR count). The molecule has 1 aromatic carbocycles. The van der Waals surface area contributed by atoms with E-state index in [4.69, 9.17) is 0 Å². The van der Waals surface area contributed by atoms with Crippen molar-refractivity contribution >= 4 is 32.9 Å². The Morgan fingerprint density at radius 3 is 2.55 bits per heavy atom. The van der Waals surface area contributed by atoms with Gasteiger partial charge in [0.15, 0.2) is 5.65 Å². The molecule has 1 saturated heterocycles. The van der Waals surface area contributed by atoms with Crippen LogP contribution in [0.2, 0.25) is 0 Å². The molecule has 0 saturated carbocycles. The summed E-state index contributed by atoms with van der Waals surface area (Å²) in [6, 6.07) is 8.04. The Morgan fingerprint density at radius 1 is 1.06 bits per heavy atom. The second-order valence-electron chi connectivity index (χ2n) is 7.37. The molecule has 33 heavy (non-hydrogen) atoms. The third kappa shape index (κ3) is 3.79. The third-order valence-electron chi connectivity index (χ3n) is 5.44. The fourth-order valence-corrected chi connectivity index (χ4v) is 5.98. The van der Waals surface area contributed by atoms with E-state index in [0.29, 0.717) is 17.3 Å². The van der Waals surface area contributed by atoms with Gasteiger partial charge in [-0.05, 0) is 29.6 Å². The van der Waals surface area contributed by atoms with Crippen molar-refractivity contribution in [2.45, 2.75) is 4.90 Å². The van der Waals surface area contributed by atoms with E-state index in [0.717, 1.165) is 27.0 Å². The summed E-state index contributed by atoms with van der Waals surface area (Å²) < 4.78 is 55.5. The average Bonchev–Trinajstić information content (AvgIpc) is 3.48. The van der Waals surface area contributed by atoms with Gasteiger partial charge in [-0.2, -0.15) is 9.40 Å². The number of hydrogen-bond donors (Lipinski definition) is 0. The highest BCUT2D eigenvalue weighted by atomic mass is 32.2. The van der Waals surface area contributed by atoms with Crippen molar-refractivity contribution < 1.29 is 22.0 Å². The zero-order chi connectivity index (χ0) is 23.2. The topological polar surface area (TPSA) is 87.9 Å². The standard InChI is InChI=1S/C21H17F2N5O3S2/c22-14-3-4-19(16(23)12-14)33(30,31)27-9-7-26(8-10-27)21(29)15-13-25-28-17(5-6-24-20(15)28)18-2-1-11-32-18/h1-6,11-13H,7-10H2. The molecule has 1 aliphatic rings. The highest BCUT2D eigenvalue weighted by Gasteiger charge is 2.33. The lowest BCUT2D eigenvalue weighted by Gasteiger charge is -2.33. The Morgan fingerprint density at radius 2 is 1.85 bits per heavy atom. The van der Waals surface area contributed by atoms with Crippen LogP contribution in [0.15, 0.2) is 59.1 Å². The number of nitrogens with zero attached hydrogens (tertiary/aromatic N) is 5. The summed E-state index contributed by atoms with van der Waals surface area (Å²) in [6.45, 7) is 0.196. The maximum absolute atomic E-state index is 14.0. The van der Waals surface area contributed by atoms with Gasteiger partial charge < -0.3 is 4.90 Å². The first-order valence-electron chi connectivity index (χ1n) is 9.97. The molecule has 12 heteroatoms. The number of carbonyl (C=O) groups is 1. The Balaban J connectivity index is 1.35. The summed E-state index contributed by atoms with van der Waals surface area (Å²) in [5.41, 5.74) is 1.54. The number of hydrogen-bond acceptors (Lipinski definition) is 6. The Kier molecular flexibility index (Phi) is 5.43. The molecule has 1 fully saturated rings. The lowest BCUT2D eigenvalue weighted by molar-refractivity contribution is 0.0699. The molecule has 0 spiro atoms. The monoisotopic (exact) mass is 489 g/mol. The van der Waals surface area contributed by atoms with Gasteiger partial charge in [0, 0.05) is 38.4 Å². The van der Waals surface area contributed by atoms with Crippen LogP contribution in [0.25, 0.3) is 16.2 Å². The summed E-state index contributed by atoms with van der Waals surface area (Å²) in [5.74, 6) is -2.32. The lowest BCUT2D eigenvalue weighted by atomic mass is 10.2. The van der Waals surface area contributed by atoms with E-state index >= 15 is 0 Å². The maximum atomic E-state index is 14.0. The van der Waals surface area contributed by atoms with Gasteiger partial charge in [-0.15, -0.1) is 11.3 Å². The van der Waals surface area contributed by atoms with Crippen molar-refractivity contribution in [3.63, 3.8) is 0 Å². The van der Waals surface area contributed by atoms with Crippen LogP contribution in [0.1, 0.15) is 10.4 Å². The quantitative estimate of drug-likeness (QED) is 0.440. The van der Waals surface area contributed by atoms with Crippen molar-refractivity contribution in [1.82, 2.24) is 23.8 Å². The largest absolute Gasteiger partial charge is 0.336 e. The molecule has 0 radical (unpaired) electrons. The number of benzene rings is 1. The van der Waals surface area contributed by atoms with Crippen molar-refractivity contribution in [3.05, 3.63) is 71.4 Å². The van der Waals surface area contributed by atoms with E-state index in [2.05, 4.69) is 10.1 Å². The van der Waals surface area contributed by atoms with Crippen molar-refractivity contribution in [3.8, 4) is 10.6 Å². The van der Waals surface area contributed by atoms with Crippen LogP contribution >= 0.6 is 11.3 Å². The molecule has 4 aromatic rings. The minimum absolute atomic E-state index is 0.0159. The summed E-state index contributed by atoms with van der Waals surface area (Å²) in [4.78, 5) is 19.4. The molecule has 0 N–H and O–H groups in total. The highest BCUT2D eigenvalue weighted by Crippen LogP contribution is 2.26. The van der Waals surface area contributed by atoms with Crippen LogP contribution in [0, 0.1) is 11.6 Å². The predicted molar refractivity (Wildman–Crippen MR) is 117 cm³/mol. The fourth-order valence-electron chi connectivity index (χ4n) is 3.78. The van der Waals surface area contributed by atoms with E-state index in [1.54, 1.807) is 22.0 Å². The smallest absolute Gasteiger partial charge is 0.259 e. The normalized spacial score (nSPS) is 15.3. The number of thiophene rings is 1. The molecule has 1 aliphatic heterocycles. The van der Waals surface area contributed by atoms with E-state index in [1.807, 2.05) is 23.6 Å². The second-order valence-corrected chi connectivity index (χ2v) is 10.2. The summed E-state index contributed by atoms with van der Waals surface area (Å²) in [6.07, 6.45) is 3.07. The van der Waals surface area contributed by atoms with E-state index in [1.165, 1.54) is 11.1 Å². The third-order valence-corrected chi connectivity index (χ3v) is 8.27. The van der Waals surface area contributed by atoms with Gasteiger partial charge >= 0.3 is 0 Å². The van der Waals surface area contributed by atoms with Crippen LogP contribution in [-0.4, -0.2) is 64.3 Å². The lowest BCUT2D eigenvalue weighted by Crippen LogP contribution is -2.50. The number of fused-ring (bicyclic) bond motifs is 1. The van der Waals surface area contributed by atoms with E-state index in [9.17, 15) is 22.0 Å². The number of halogens is 2.